The van der Waals surface area contributed by atoms with Crippen LogP contribution in [0.2, 0.25) is 0 Å². The molecule has 0 aliphatic heterocycles. The van der Waals surface area contributed by atoms with Crippen molar-refractivity contribution >= 4 is 16.6 Å². The maximum atomic E-state index is 11.0. The van der Waals surface area contributed by atoms with Crippen molar-refractivity contribution in [1.29, 1.82) is 0 Å². The van der Waals surface area contributed by atoms with Gasteiger partial charge in [-0.15, -0.1) is 0 Å². The van der Waals surface area contributed by atoms with E-state index in [0.717, 1.165) is 12.0 Å². The van der Waals surface area contributed by atoms with Gasteiger partial charge in [0.2, 0.25) is 0 Å². The second kappa shape index (κ2) is 7.91. The molecule has 0 heterocycles. The van der Waals surface area contributed by atoms with Crippen LogP contribution in [-0.2, 0) is 17.3 Å². The van der Waals surface area contributed by atoms with E-state index in [1.165, 1.54) is 0 Å². The van der Waals surface area contributed by atoms with Crippen LogP contribution in [0.5, 0.6) is 0 Å². The Kier molecular flexibility index (Phi) is 6.52. The first-order chi connectivity index (χ1) is 9.02. The zero-order valence-corrected chi connectivity index (χ0v) is 12.1. The highest BCUT2D eigenvalue weighted by Gasteiger charge is 2.04. The average molecular weight is 283 g/mol. The van der Waals surface area contributed by atoms with Gasteiger partial charge in [0.05, 0.1) is 0 Å². The molecule has 1 rings (SSSR count). The Morgan fingerprint density at radius 3 is 2.95 bits per heavy atom. The molecule has 5 nitrogen and oxygen atoms in total. The molecule has 4 N–H and O–H groups in total. The van der Waals surface area contributed by atoms with Crippen LogP contribution in [0.15, 0.2) is 29.4 Å². The maximum absolute atomic E-state index is 11.0. The summed E-state index contributed by atoms with van der Waals surface area (Å²) >= 11 is 0. The summed E-state index contributed by atoms with van der Waals surface area (Å²) in [5.74, 6) is 0.814. The van der Waals surface area contributed by atoms with Crippen molar-refractivity contribution in [2.45, 2.75) is 25.9 Å². The van der Waals surface area contributed by atoms with Gasteiger partial charge in [0.1, 0.15) is 0 Å². The minimum Gasteiger partial charge on any atom is -0.409 e. The molecule has 0 aliphatic rings. The van der Waals surface area contributed by atoms with Gasteiger partial charge in [-0.3, -0.25) is 4.21 Å². The molecule has 6 heteroatoms. The molecule has 0 aromatic heterocycles. The molecule has 1 aromatic rings. The maximum Gasteiger partial charge on any atom is 0.170 e. The van der Waals surface area contributed by atoms with E-state index in [2.05, 4.69) is 17.4 Å². The van der Waals surface area contributed by atoms with Crippen molar-refractivity contribution in [3.63, 3.8) is 0 Å². The molecular formula is C13H21N3O2S. The molecule has 19 heavy (non-hydrogen) atoms. The highest BCUT2D eigenvalue weighted by Crippen LogP contribution is 2.06. The predicted molar refractivity (Wildman–Crippen MR) is 78.8 cm³/mol. The van der Waals surface area contributed by atoms with E-state index < -0.39 is 10.8 Å². The normalized spacial score (nSPS) is 15.2. The van der Waals surface area contributed by atoms with Crippen molar-refractivity contribution in [2.24, 2.45) is 10.9 Å². The number of oxime groups is 1. The Bertz CT molecular complexity index is 463. The number of amidine groups is 1. The second-order valence-corrected chi connectivity index (χ2v) is 6.09. The summed E-state index contributed by atoms with van der Waals surface area (Å²) in [6, 6.07) is 7.83. The lowest BCUT2D eigenvalue weighted by atomic mass is 10.1. The summed E-state index contributed by atoms with van der Waals surface area (Å²) in [5.41, 5.74) is 7.31. The molecule has 0 saturated heterocycles. The van der Waals surface area contributed by atoms with Crippen LogP contribution in [0.25, 0.3) is 0 Å². The Morgan fingerprint density at radius 1 is 1.58 bits per heavy atom. The molecule has 0 aliphatic carbocycles. The zero-order chi connectivity index (χ0) is 14.3. The van der Waals surface area contributed by atoms with Gasteiger partial charge in [-0.25, -0.2) is 0 Å². The van der Waals surface area contributed by atoms with Crippen LogP contribution in [0.4, 0.5) is 0 Å². The smallest absolute Gasteiger partial charge is 0.170 e. The number of nitrogens with zero attached hydrogens (tertiary/aromatic N) is 1. The number of hydrogen-bond acceptors (Lipinski definition) is 4. The van der Waals surface area contributed by atoms with Crippen LogP contribution in [0.3, 0.4) is 0 Å². The van der Waals surface area contributed by atoms with Gasteiger partial charge >= 0.3 is 0 Å². The third-order valence-corrected chi connectivity index (χ3v) is 3.63. The Hall–Kier alpha value is -1.40. The molecular weight excluding hydrogens is 262 g/mol. The highest BCUT2D eigenvalue weighted by atomic mass is 32.2. The summed E-state index contributed by atoms with van der Waals surface area (Å²) in [7, 11) is -0.745. The lowest BCUT2D eigenvalue weighted by molar-refractivity contribution is 0.318. The molecule has 0 amide bonds. The van der Waals surface area contributed by atoms with Gasteiger partial charge in [0.25, 0.3) is 0 Å². The molecule has 2 atom stereocenters. The van der Waals surface area contributed by atoms with Gasteiger partial charge in [0.15, 0.2) is 5.84 Å². The molecule has 0 fully saturated rings. The Balaban J connectivity index is 2.51. The van der Waals surface area contributed by atoms with E-state index in [-0.39, 0.29) is 5.84 Å². The van der Waals surface area contributed by atoms with E-state index in [4.69, 9.17) is 10.9 Å². The van der Waals surface area contributed by atoms with Crippen LogP contribution in [-0.4, -0.2) is 33.3 Å². The molecule has 0 saturated carbocycles. The Labute approximate surface area is 116 Å². The van der Waals surface area contributed by atoms with Gasteiger partial charge < -0.3 is 16.3 Å². The van der Waals surface area contributed by atoms with Crippen molar-refractivity contribution in [1.82, 2.24) is 5.32 Å². The van der Waals surface area contributed by atoms with Crippen molar-refractivity contribution in [3.8, 4) is 0 Å². The number of hydrogen-bond donors (Lipinski definition) is 3. The van der Waals surface area contributed by atoms with E-state index in [0.29, 0.717) is 23.9 Å². The fraction of sp³-hybridized carbons (Fsp3) is 0.462. The van der Waals surface area contributed by atoms with Gasteiger partial charge in [-0.2, -0.15) is 0 Å². The summed E-state index contributed by atoms with van der Waals surface area (Å²) < 4.78 is 11.0. The molecule has 0 radical (unpaired) electrons. The average Bonchev–Trinajstić information content (AvgIpc) is 2.42. The number of nitrogens with one attached hydrogen (secondary N) is 1. The van der Waals surface area contributed by atoms with Gasteiger partial charge in [-0.05, 0) is 25.0 Å². The Morgan fingerprint density at radius 2 is 2.32 bits per heavy atom. The van der Waals surface area contributed by atoms with Crippen molar-refractivity contribution < 1.29 is 9.42 Å². The van der Waals surface area contributed by atoms with Crippen molar-refractivity contribution in [3.05, 3.63) is 35.4 Å². The number of rotatable bonds is 7. The monoisotopic (exact) mass is 283 g/mol. The van der Waals surface area contributed by atoms with Gasteiger partial charge in [0, 0.05) is 41.0 Å². The number of nitrogens with two attached hydrogens (primary N) is 1. The van der Waals surface area contributed by atoms with Gasteiger partial charge in [-0.1, -0.05) is 23.4 Å². The number of benzene rings is 1. The highest BCUT2D eigenvalue weighted by molar-refractivity contribution is 7.84. The summed E-state index contributed by atoms with van der Waals surface area (Å²) in [6.45, 7) is 2.77. The second-order valence-electron chi connectivity index (χ2n) is 4.53. The van der Waals surface area contributed by atoms with Crippen molar-refractivity contribution in [2.75, 3.05) is 12.0 Å². The van der Waals surface area contributed by atoms with E-state index in [1.807, 2.05) is 18.2 Å². The van der Waals surface area contributed by atoms with E-state index in [9.17, 15) is 4.21 Å². The molecule has 0 spiro atoms. The first-order valence-corrected chi connectivity index (χ1v) is 7.86. The molecule has 2 unspecified atom stereocenters. The fourth-order valence-corrected chi connectivity index (χ4v) is 2.32. The summed E-state index contributed by atoms with van der Waals surface area (Å²) in [6.07, 6.45) is 2.59. The van der Waals surface area contributed by atoms with E-state index in [1.54, 1.807) is 12.3 Å². The molecule has 0 bridgehead atoms. The molecule has 1 aromatic carbocycles. The topological polar surface area (TPSA) is 87.7 Å². The third kappa shape index (κ3) is 5.85. The van der Waals surface area contributed by atoms with Crippen LogP contribution in [0, 0.1) is 0 Å². The first-order valence-electron chi connectivity index (χ1n) is 6.13. The molecule has 106 valence electrons. The lowest BCUT2D eigenvalue weighted by Gasteiger charge is -2.13. The minimum atomic E-state index is -0.745. The first kappa shape index (κ1) is 15.7. The summed E-state index contributed by atoms with van der Waals surface area (Å²) in [4.78, 5) is 0. The third-order valence-electron chi connectivity index (χ3n) is 2.82. The predicted octanol–water partition coefficient (Wildman–Crippen LogP) is 1.03. The quantitative estimate of drug-likeness (QED) is 0.302. The van der Waals surface area contributed by atoms with Crippen LogP contribution < -0.4 is 11.1 Å². The zero-order valence-electron chi connectivity index (χ0n) is 11.3. The fourth-order valence-electron chi connectivity index (χ4n) is 1.64. The largest absolute Gasteiger partial charge is 0.409 e. The van der Waals surface area contributed by atoms with Crippen LogP contribution in [0.1, 0.15) is 24.5 Å². The van der Waals surface area contributed by atoms with Crippen LogP contribution >= 0.6 is 0 Å². The summed E-state index contributed by atoms with van der Waals surface area (Å²) in [5, 5.41) is 15.0. The minimum absolute atomic E-state index is 0.108. The SMILES string of the molecule is CC(CCS(C)=O)NCc1cccc(/C(N)=N/O)c1. The standard InChI is InChI=1S/C13H21N3O2S/c1-10(6-7-19(2)18)15-9-11-4-3-5-12(8-11)13(14)16-17/h3-5,8,10,15,17H,6-7,9H2,1-2H3,(H2,14,16). The van der Waals surface area contributed by atoms with E-state index >= 15 is 0 Å². The lowest BCUT2D eigenvalue weighted by Crippen LogP contribution is -2.27.